The summed E-state index contributed by atoms with van der Waals surface area (Å²) in [7, 11) is 5.58. The van der Waals surface area contributed by atoms with Gasteiger partial charge in [0.15, 0.2) is 0 Å². The van der Waals surface area contributed by atoms with Crippen molar-refractivity contribution in [1.29, 1.82) is 0 Å². The Morgan fingerprint density at radius 2 is 1.83 bits per heavy atom. The van der Waals surface area contributed by atoms with Gasteiger partial charge in [-0.1, -0.05) is 39.8 Å². The molecule has 0 atom stereocenters. The number of para-hydroxylation sites is 1. The highest BCUT2D eigenvalue weighted by Gasteiger charge is 2.04. The zero-order chi connectivity index (χ0) is 15.5. The SMILES string of the molecule is c1ccc2sc(CSSSCc3ccc4scnc4c3)nc2c1. The van der Waals surface area contributed by atoms with Crippen LogP contribution in [0.4, 0.5) is 0 Å². The van der Waals surface area contributed by atoms with E-state index >= 15 is 0 Å². The minimum Gasteiger partial charge on any atom is -0.245 e. The van der Waals surface area contributed by atoms with E-state index in [2.05, 4.69) is 46.4 Å². The number of thiazole rings is 2. The van der Waals surface area contributed by atoms with Gasteiger partial charge in [0.2, 0.25) is 0 Å². The Kier molecular flexibility index (Phi) is 5.10. The first-order chi connectivity index (χ1) is 11.4. The summed E-state index contributed by atoms with van der Waals surface area (Å²) in [5.74, 6) is 1.97. The predicted molar refractivity (Wildman–Crippen MR) is 109 cm³/mol. The first-order valence-corrected chi connectivity index (χ1v) is 12.5. The van der Waals surface area contributed by atoms with Gasteiger partial charge in [-0.15, -0.1) is 22.7 Å². The van der Waals surface area contributed by atoms with E-state index < -0.39 is 0 Å². The minimum atomic E-state index is 0.960. The lowest BCUT2D eigenvalue weighted by Crippen LogP contribution is -1.78. The Bertz CT molecular complexity index is 893. The third-order valence-corrected chi connectivity index (χ3v) is 9.32. The average Bonchev–Trinajstić information content (AvgIpc) is 3.20. The first-order valence-electron chi connectivity index (χ1n) is 6.96. The molecule has 116 valence electrons. The highest BCUT2D eigenvalue weighted by molar-refractivity contribution is 9.09. The van der Waals surface area contributed by atoms with Crippen molar-refractivity contribution in [3.05, 3.63) is 58.5 Å². The fourth-order valence-corrected chi connectivity index (χ4v) is 7.59. The Balaban J connectivity index is 1.26. The Labute approximate surface area is 153 Å². The molecule has 0 aliphatic rings. The third-order valence-electron chi connectivity index (χ3n) is 3.24. The molecule has 2 heterocycles. The molecule has 7 heteroatoms. The number of aromatic nitrogens is 2. The van der Waals surface area contributed by atoms with Gasteiger partial charge < -0.3 is 0 Å². The van der Waals surface area contributed by atoms with Gasteiger partial charge in [0.25, 0.3) is 0 Å². The lowest BCUT2D eigenvalue weighted by molar-refractivity contribution is 1.32. The number of hydrogen-bond donors (Lipinski definition) is 0. The maximum atomic E-state index is 4.66. The van der Waals surface area contributed by atoms with Crippen molar-refractivity contribution in [2.75, 3.05) is 0 Å². The highest BCUT2D eigenvalue weighted by Crippen LogP contribution is 2.40. The Morgan fingerprint density at radius 1 is 0.913 bits per heavy atom. The van der Waals surface area contributed by atoms with Crippen molar-refractivity contribution in [3.63, 3.8) is 0 Å². The predicted octanol–water partition coefficient (Wildman–Crippen LogP) is 6.64. The van der Waals surface area contributed by atoms with Gasteiger partial charge in [0.05, 0.1) is 31.7 Å². The van der Waals surface area contributed by atoms with E-state index in [1.165, 1.54) is 20.0 Å². The molecule has 0 aliphatic carbocycles. The molecule has 0 fully saturated rings. The van der Waals surface area contributed by atoms with E-state index in [0.29, 0.717) is 0 Å². The van der Waals surface area contributed by atoms with Crippen molar-refractivity contribution in [1.82, 2.24) is 9.97 Å². The summed E-state index contributed by atoms with van der Waals surface area (Å²) in [6, 6.07) is 14.9. The molecular weight excluding hydrogens is 381 g/mol. The molecule has 0 bridgehead atoms. The van der Waals surface area contributed by atoms with Crippen LogP contribution in [0.3, 0.4) is 0 Å². The van der Waals surface area contributed by atoms with Gasteiger partial charge in [-0.3, -0.25) is 0 Å². The zero-order valence-corrected chi connectivity index (χ0v) is 16.1. The molecule has 0 saturated carbocycles. The van der Waals surface area contributed by atoms with E-state index in [9.17, 15) is 0 Å². The summed E-state index contributed by atoms with van der Waals surface area (Å²) in [5.41, 5.74) is 5.47. The zero-order valence-electron chi connectivity index (χ0n) is 12.0. The fraction of sp³-hybridized carbons (Fsp3) is 0.125. The highest BCUT2D eigenvalue weighted by atomic mass is 33.5. The van der Waals surface area contributed by atoms with Crippen LogP contribution in [-0.4, -0.2) is 9.97 Å². The van der Waals surface area contributed by atoms with Gasteiger partial charge in [-0.25, -0.2) is 9.97 Å². The topological polar surface area (TPSA) is 25.8 Å². The maximum absolute atomic E-state index is 4.66. The molecule has 2 aromatic heterocycles. The first kappa shape index (κ1) is 15.8. The summed E-state index contributed by atoms with van der Waals surface area (Å²) in [4.78, 5) is 9.04. The molecule has 23 heavy (non-hydrogen) atoms. The molecule has 2 aromatic carbocycles. The van der Waals surface area contributed by atoms with Crippen LogP contribution in [-0.2, 0) is 11.5 Å². The molecule has 0 spiro atoms. The summed E-state index contributed by atoms with van der Waals surface area (Å²) in [6.45, 7) is 0. The Morgan fingerprint density at radius 3 is 2.78 bits per heavy atom. The van der Waals surface area contributed by atoms with Gasteiger partial charge in [0.1, 0.15) is 5.01 Å². The molecule has 0 N–H and O–H groups in total. The summed E-state index contributed by atoms with van der Waals surface area (Å²) in [5, 5.41) is 1.20. The molecule has 4 rings (SSSR count). The number of hydrogen-bond acceptors (Lipinski definition) is 7. The summed E-state index contributed by atoms with van der Waals surface area (Å²) < 4.78 is 2.54. The molecule has 0 amide bonds. The standard InChI is InChI=1S/C16H12N2S5/c1-2-4-15-12(3-1)18-16(22-15)9-21-23-20-8-11-5-6-14-13(7-11)17-10-19-14/h1-7,10H,8-9H2. The Hall–Kier alpha value is -0.730. The van der Waals surface area contributed by atoms with Crippen LogP contribution in [0.2, 0.25) is 0 Å². The molecule has 2 nitrogen and oxygen atoms in total. The fourth-order valence-electron chi connectivity index (χ4n) is 2.18. The average molecular weight is 393 g/mol. The van der Waals surface area contributed by atoms with Gasteiger partial charge in [0, 0.05) is 5.75 Å². The summed E-state index contributed by atoms with van der Waals surface area (Å²) in [6.07, 6.45) is 0. The molecular formula is C16H12N2S5. The van der Waals surface area contributed by atoms with Crippen LogP contribution in [0.1, 0.15) is 10.6 Å². The number of rotatable bonds is 6. The van der Waals surface area contributed by atoms with E-state index in [-0.39, 0.29) is 0 Å². The van der Waals surface area contributed by atoms with Crippen LogP contribution >= 0.6 is 54.1 Å². The number of fused-ring (bicyclic) bond motifs is 2. The molecule has 4 aromatic rings. The van der Waals surface area contributed by atoms with Crippen molar-refractivity contribution in [2.24, 2.45) is 0 Å². The van der Waals surface area contributed by atoms with Crippen LogP contribution < -0.4 is 0 Å². The second kappa shape index (κ2) is 7.44. The largest absolute Gasteiger partial charge is 0.245 e. The molecule has 0 aliphatic heterocycles. The van der Waals surface area contributed by atoms with Crippen LogP contribution in [0.15, 0.2) is 48.0 Å². The van der Waals surface area contributed by atoms with Crippen LogP contribution in [0, 0.1) is 0 Å². The third kappa shape index (κ3) is 3.85. The molecule has 0 unspecified atom stereocenters. The van der Waals surface area contributed by atoms with Gasteiger partial charge >= 0.3 is 0 Å². The second-order valence-corrected chi connectivity index (χ2v) is 11.1. The van der Waals surface area contributed by atoms with Crippen LogP contribution in [0.5, 0.6) is 0 Å². The van der Waals surface area contributed by atoms with Crippen LogP contribution in [0.25, 0.3) is 20.4 Å². The minimum absolute atomic E-state index is 0.960. The normalized spacial score (nSPS) is 11.5. The van der Waals surface area contributed by atoms with Crippen molar-refractivity contribution >= 4 is 74.5 Å². The van der Waals surface area contributed by atoms with Crippen molar-refractivity contribution in [3.8, 4) is 0 Å². The lowest BCUT2D eigenvalue weighted by Gasteiger charge is -2.00. The van der Waals surface area contributed by atoms with Gasteiger partial charge in [-0.2, -0.15) is 0 Å². The van der Waals surface area contributed by atoms with Gasteiger partial charge in [-0.05, 0) is 39.7 Å². The quantitative estimate of drug-likeness (QED) is 0.271. The van der Waals surface area contributed by atoms with Crippen molar-refractivity contribution in [2.45, 2.75) is 11.5 Å². The van der Waals surface area contributed by atoms with E-state index in [1.54, 1.807) is 22.7 Å². The van der Waals surface area contributed by atoms with E-state index in [0.717, 1.165) is 22.5 Å². The molecule has 0 radical (unpaired) electrons. The lowest BCUT2D eigenvalue weighted by atomic mass is 10.2. The maximum Gasteiger partial charge on any atom is 0.105 e. The number of nitrogens with zero attached hydrogens (tertiary/aromatic N) is 2. The van der Waals surface area contributed by atoms with E-state index in [1.807, 2.05) is 43.0 Å². The smallest absolute Gasteiger partial charge is 0.105 e. The van der Waals surface area contributed by atoms with Crippen molar-refractivity contribution < 1.29 is 0 Å². The second-order valence-electron chi connectivity index (χ2n) is 4.82. The summed E-state index contributed by atoms with van der Waals surface area (Å²) >= 11 is 3.49. The number of benzene rings is 2. The van der Waals surface area contributed by atoms with E-state index in [4.69, 9.17) is 0 Å². The monoisotopic (exact) mass is 392 g/mol. The molecule has 0 saturated heterocycles.